The Hall–Kier alpha value is -2.90. The van der Waals surface area contributed by atoms with Gasteiger partial charge in [0.05, 0.1) is 20.0 Å². The minimum Gasteiger partial charge on any atom is -0.481 e. The third-order valence-electron chi connectivity index (χ3n) is 2.80. The van der Waals surface area contributed by atoms with Crippen LogP contribution in [0.4, 0.5) is 11.4 Å². The standard InChI is InChI=1S/C15H18N2O6/c1-23-15(22)9-7-13(19)17-11-4-2-10(3-5-11)16-12(18)6-8-14(20)21/h2-5H,6-9H2,1H3,(H,16,18)(H,17,19)(H,20,21). The van der Waals surface area contributed by atoms with Gasteiger partial charge in [-0.25, -0.2) is 0 Å². The average molecular weight is 322 g/mol. The highest BCUT2D eigenvalue weighted by Crippen LogP contribution is 2.14. The second kappa shape index (κ2) is 9.19. The predicted octanol–water partition coefficient (Wildman–Crippen LogP) is 1.38. The highest BCUT2D eigenvalue weighted by Gasteiger charge is 2.08. The van der Waals surface area contributed by atoms with Gasteiger partial charge in [0, 0.05) is 24.2 Å². The molecule has 0 aromatic heterocycles. The van der Waals surface area contributed by atoms with Gasteiger partial charge < -0.3 is 20.5 Å². The van der Waals surface area contributed by atoms with Gasteiger partial charge in [-0.05, 0) is 24.3 Å². The first-order chi connectivity index (χ1) is 10.9. The summed E-state index contributed by atoms with van der Waals surface area (Å²) >= 11 is 0. The zero-order valence-corrected chi connectivity index (χ0v) is 12.6. The highest BCUT2D eigenvalue weighted by molar-refractivity contribution is 5.94. The van der Waals surface area contributed by atoms with E-state index in [2.05, 4.69) is 15.4 Å². The molecular weight excluding hydrogens is 304 g/mol. The molecule has 0 aliphatic heterocycles. The molecule has 2 amide bonds. The summed E-state index contributed by atoms with van der Waals surface area (Å²) in [7, 11) is 1.25. The Balaban J connectivity index is 2.43. The summed E-state index contributed by atoms with van der Waals surface area (Å²) in [5, 5.41) is 13.6. The second-order valence-corrected chi connectivity index (χ2v) is 4.64. The first-order valence-corrected chi connectivity index (χ1v) is 6.89. The number of amides is 2. The first-order valence-electron chi connectivity index (χ1n) is 6.89. The van der Waals surface area contributed by atoms with Gasteiger partial charge in [0.1, 0.15) is 0 Å². The van der Waals surface area contributed by atoms with E-state index < -0.39 is 17.8 Å². The number of carboxylic acid groups (broad SMARTS) is 1. The highest BCUT2D eigenvalue weighted by atomic mass is 16.5. The zero-order chi connectivity index (χ0) is 17.2. The van der Waals surface area contributed by atoms with Crippen molar-refractivity contribution >= 4 is 35.1 Å². The second-order valence-electron chi connectivity index (χ2n) is 4.64. The van der Waals surface area contributed by atoms with Crippen LogP contribution >= 0.6 is 0 Å². The summed E-state index contributed by atoms with van der Waals surface area (Å²) < 4.78 is 4.44. The molecule has 0 spiro atoms. The van der Waals surface area contributed by atoms with Crippen LogP contribution in [0.3, 0.4) is 0 Å². The van der Waals surface area contributed by atoms with Gasteiger partial charge in [-0.15, -0.1) is 0 Å². The van der Waals surface area contributed by atoms with Gasteiger partial charge in [0.15, 0.2) is 0 Å². The number of anilines is 2. The Morgan fingerprint density at radius 2 is 1.30 bits per heavy atom. The largest absolute Gasteiger partial charge is 0.481 e. The van der Waals surface area contributed by atoms with Crippen molar-refractivity contribution in [2.45, 2.75) is 25.7 Å². The molecule has 0 saturated heterocycles. The van der Waals surface area contributed by atoms with E-state index in [4.69, 9.17) is 5.11 Å². The molecule has 0 bridgehead atoms. The lowest BCUT2D eigenvalue weighted by atomic mass is 10.2. The number of carbonyl (C=O) groups excluding carboxylic acids is 3. The Morgan fingerprint density at radius 3 is 1.70 bits per heavy atom. The molecule has 0 unspecified atom stereocenters. The van der Waals surface area contributed by atoms with Gasteiger partial charge >= 0.3 is 11.9 Å². The van der Waals surface area contributed by atoms with Crippen LogP contribution in [0.1, 0.15) is 25.7 Å². The SMILES string of the molecule is COC(=O)CCC(=O)Nc1ccc(NC(=O)CCC(=O)O)cc1. The van der Waals surface area contributed by atoms with E-state index in [0.717, 1.165) is 0 Å². The average Bonchev–Trinajstić information content (AvgIpc) is 2.52. The quantitative estimate of drug-likeness (QED) is 0.622. The molecule has 0 radical (unpaired) electrons. The number of rotatable bonds is 8. The molecule has 3 N–H and O–H groups in total. The number of hydrogen-bond acceptors (Lipinski definition) is 5. The molecule has 1 aromatic carbocycles. The van der Waals surface area contributed by atoms with E-state index in [1.54, 1.807) is 24.3 Å². The lowest BCUT2D eigenvalue weighted by Crippen LogP contribution is -2.14. The van der Waals surface area contributed by atoms with Crippen LogP contribution in [0.2, 0.25) is 0 Å². The number of nitrogens with one attached hydrogen (secondary N) is 2. The van der Waals surface area contributed by atoms with Gasteiger partial charge in [0.25, 0.3) is 0 Å². The molecule has 23 heavy (non-hydrogen) atoms. The monoisotopic (exact) mass is 322 g/mol. The van der Waals surface area contributed by atoms with E-state index in [1.165, 1.54) is 7.11 Å². The fourth-order valence-corrected chi connectivity index (χ4v) is 1.62. The molecule has 8 heteroatoms. The number of carboxylic acids is 1. The fraction of sp³-hybridized carbons (Fsp3) is 0.333. The molecule has 0 heterocycles. The van der Waals surface area contributed by atoms with Gasteiger partial charge in [0.2, 0.25) is 11.8 Å². The van der Waals surface area contributed by atoms with Crippen molar-refractivity contribution < 1.29 is 29.0 Å². The lowest BCUT2D eigenvalue weighted by molar-refractivity contribution is -0.141. The van der Waals surface area contributed by atoms with Crippen LogP contribution in [-0.4, -0.2) is 36.0 Å². The molecule has 1 rings (SSSR count). The van der Waals surface area contributed by atoms with Crippen LogP contribution in [-0.2, 0) is 23.9 Å². The molecule has 0 atom stereocenters. The Bertz CT molecular complexity index is 582. The van der Waals surface area contributed by atoms with Crippen molar-refractivity contribution in [3.05, 3.63) is 24.3 Å². The Morgan fingerprint density at radius 1 is 0.870 bits per heavy atom. The molecule has 0 aliphatic rings. The van der Waals surface area contributed by atoms with Crippen molar-refractivity contribution in [2.75, 3.05) is 17.7 Å². The topological polar surface area (TPSA) is 122 Å². The summed E-state index contributed by atoms with van der Waals surface area (Å²) in [5.74, 6) is -2.22. The van der Waals surface area contributed by atoms with Crippen LogP contribution in [0, 0.1) is 0 Å². The van der Waals surface area contributed by atoms with Crippen molar-refractivity contribution in [2.24, 2.45) is 0 Å². The minimum atomic E-state index is -1.04. The maximum atomic E-state index is 11.6. The van der Waals surface area contributed by atoms with E-state index in [9.17, 15) is 19.2 Å². The Labute approximate surface area is 132 Å². The van der Waals surface area contributed by atoms with Gasteiger partial charge in [-0.1, -0.05) is 0 Å². The van der Waals surface area contributed by atoms with E-state index in [0.29, 0.717) is 11.4 Å². The maximum Gasteiger partial charge on any atom is 0.306 e. The zero-order valence-electron chi connectivity index (χ0n) is 12.6. The van der Waals surface area contributed by atoms with Crippen molar-refractivity contribution in [1.29, 1.82) is 0 Å². The number of benzene rings is 1. The number of carbonyl (C=O) groups is 4. The molecule has 0 saturated carbocycles. The van der Waals surface area contributed by atoms with Crippen molar-refractivity contribution in [3.63, 3.8) is 0 Å². The molecule has 0 aliphatic carbocycles. The van der Waals surface area contributed by atoms with Gasteiger partial charge in [-0.2, -0.15) is 0 Å². The number of esters is 1. The van der Waals surface area contributed by atoms with Crippen molar-refractivity contribution in [3.8, 4) is 0 Å². The summed E-state index contributed by atoms with van der Waals surface area (Å²) in [4.78, 5) is 44.4. The number of hydrogen-bond donors (Lipinski definition) is 3. The minimum absolute atomic E-state index is 0.0000512. The van der Waals surface area contributed by atoms with Crippen LogP contribution in [0.5, 0.6) is 0 Å². The normalized spacial score (nSPS) is 9.78. The van der Waals surface area contributed by atoms with E-state index in [1.807, 2.05) is 0 Å². The lowest BCUT2D eigenvalue weighted by Gasteiger charge is -2.07. The number of ether oxygens (including phenoxy) is 1. The summed E-state index contributed by atoms with van der Waals surface area (Å²) in [5.41, 5.74) is 1.01. The van der Waals surface area contributed by atoms with E-state index in [-0.39, 0.29) is 31.6 Å². The first kappa shape index (κ1) is 18.1. The molecule has 1 aromatic rings. The van der Waals surface area contributed by atoms with Crippen LogP contribution in [0.15, 0.2) is 24.3 Å². The molecule has 124 valence electrons. The molecular formula is C15H18N2O6. The molecule has 0 fully saturated rings. The number of methoxy groups -OCH3 is 1. The third kappa shape index (κ3) is 7.60. The van der Waals surface area contributed by atoms with Gasteiger partial charge in [-0.3, -0.25) is 19.2 Å². The van der Waals surface area contributed by atoms with E-state index >= 15 is 0 Å². The summed E-state index contributed by atoms with van der Waals surface area (Å²) in [6.07, 6.45) is -0.331. The predicted molar refractivity (Wildman–Crippen MR) is 81.8 cm³/mol. The molecule has 8 nitrogen and oxygen atoms in total. The summed E-state index contributed by atoms with van der Waals surface area (Å²) in [6.45, 7) is 0. The Kier molecular flexibility index (Phi) is 7.25. The smallest absolute Gasteiger partial charge is 0.306 e. The summed E-state index contributed by atoms with van der Waals surface area (Å²) in [6, 6.07) is 6.33. The van der Waals surface area contributed by atoms with Crippen LogP contribution < -0.4 is 10.6 Å². The van der Waals surface area contributed by atoms with Crippen LogP contribution in [0.25, 0.3) is 0 Å². The maximum absolute atomic E-state index is 11.6. The number of aliphatic carboxylic acids is 1. The third-order valence-corrected chi connectivity index (χ3v) is 2.80. The fourth-order valence-electron chi connectivity index (χ4n) is 1.62. The van der Waals surface area contributed by atoms with Crippen molar-refractivity contribution in [1.82, 2.24) is 0 Å².